The lowest BCUT2D eigenvalue weighted by atomic mass is 10.1. The van der Waals surface area contributed by atoms with Crippen molar-refractivity contribution in [1.82, 2.24) is 5.32 Å². The summed E-state index contributed by atoms with van der Waals surface area (Å²) in [6.45, 7) is 2.20. The number of phenolic OH excluding ortho intramolecular Hbond substituents is 1. The highest BCUT2D eigenvalue weighted by molar-refractivity contribution is 5.27. The topological polar surface area (TPSA) is 32.3 Å². The van der Waals surface area contributed by atoms with E-state index < -0.39 is 12.6 Å². The van der Waals surface area contributed by atoms with E-state index in [1.54, 1.807) is 24.3 Å². The van der Waals surface area contributed by atoms with Gasteiger partial charge in [0.25, 0.3) is 0 Å². The molecule has 0 fully saturated rings. The molecule has 1 rings (SSSR count). The van der Waals surface area contributed by atoms with Crippen molar-refractivity contribution < 1.29 is 18.3 Å². The molecular weight excluding hydrogens is 231 g/mol. The number of alkyl halides is 3. The second-order valence-electron chi connectivity index (χ2n) is 3.99. The molecule has 17 heavy (non-hydrogen) atoms. The minimum atomic E-state index is -4.08. The smallest absolute Gasteiger partial charge is 0.389 e. The molecule has 0 aliphatic heterocycles. The van der Waals surface area contributed by atoms with Crippen LogP contribution < -0.4 is 5.32 Å². The van der Waals surface area contributed by atoms with E-state index in [0.29, 0.717) is 6.54 Å². The standard InChI is InChI=1S/C12H16F3NO/c1-9(10-3-5-11(17)6-4-10)16-8-2-7-12(13,14)15/h3-6,9,16-17H,2,7-8H2,1H3. The molecule has 0 saturated carbocycles. The van der Waals surface area contributed by atoms with E-state index in [4.69, 9.17) is 5.11 Å². The van der Waals surface area contributed by atoms with Gasteiger partial charge in [0.15, 0.2) is 0 Å². The maximum absolute atomic E-state index is 11.9. The molecule has 0 aliphatic rings. The van der Waals surface area contributed by atoms with Crippen molar-refractivity contribution >= 4 is 0 Å². The predicted molar refractivity (Wildman–Crippen MR) is 59.8 cm³/mol. The SMILES string of the molecule is CC(NCCCC(F)(F)F)c1ccc(O)cc1. The zero-order valence-corrected chi connectivity index (χ0v) is 9.59. The Labute approximate surface area is 98.5 Å². The number of hydrogen-bond acceptors (Lipinski definition) is 2. The molecule has 1 atom stereocenters. The minimum absolute atomic E-state index is 0.0242. The van der Waals surface area contributed by atoms with Crippen molar-refractivity contribution in [3.05, 3.63) is 29.8 Å². The molecule has 0 spiro atoms. The molecule has 2 nitrogen and oxygen atoms in total. The van der Waals surface area contributed by atoms with Gasteiger partial charge in [0.1, 0.15) is 5.75 Å². The summed E-state index contributed by atoms with van der Waals surface area (Å²) >= 11 is 0. The van der Waals surface area contributed by atoms with Crippen molar-refractivity contribution in [2.75, 3.05) is 6.54 Å². The molecule has 5 heteroatoms. The average Bonchev–Trinajstić information content (AvgIpc) is 2.24. The third-order valence-electron chi connectivity index (χ3n) is 2.48. The first-order chi connectivity index (χ1) is 7.88. The van der Waals surface area contributed by atoms with Gasteiger partial charge in [-0.15, -0.1) is 0 Å². The third kappa shape index (κ3) is 5.58. The van der Waals surface area contributed by atoms with E-state index >= 15 is 0 Å². The Morgan fingerprint density at radius 3 is 2.35 bits per heavy atom. The molecule has 1 aromatic rings. The summed E-state index contributed by atoms with van der Waals surface area (Å²) in [6.07, 6.45) is -4.77. The van der Waals surface area contributed by atoms with Crippen LogP contribution in [-0.4, -0.2) is 17.8 Å². The van der Waals surface area contributed by atoms with Gasteiger partial charge in [0.05, 0.1) is 0 Å². The maximum Gasteiger partial charge on any atom is 0.389 e. The molecule has 96 valence electrons. The molecule has 0 saturated heterocycles. The van der Waals surface area contributed by atoms with E-state index in [-0.39, 0.29) is 18.2 Å². The van der Waals surface area contributed by atoms with E-state index in [9.17, 15) is 13.2 Å². The summed E-state index contributed by atoms with van der Waals surface area (Å²) in [5, 5.41) is 12.1. The Bertz CT molecular complexity index is 335. The highest BCUT2D eigenvalue weighted by Gasteiger charge is 2.25. The minimum Gasteiger partial charge on any atom is -0.508 e. The third-order valence-corrected chi connectivity index (χ3v) is 2.48. The van der Waals surface area contributed by atoms with Crippen molar-refractivity contribution in [3.63, 3.8) is 0 Å². The Kier molecular flexibility index (Phi) is 4.81. The lowest BCUT2D eigenvalue weighted by molar-refractivity contribution is -0.135. The van der Waals surface area contributed by atoms with Gasteiger partial charge in [0.2, 0.25) is 0 Å². The van der Waals surface area contributed by atoms with Crippen LogP contribution in [-0.2, 0) is 0 Å². The number of phenols is 1. The normalized spacial score (nSPS) is 13.6. The molecule has 0 aliphatic carbocycles. The number of rotatable bonds is 5. The summed E-state index contributed by atoms with van der Waals surface area (Å²) in [6, 6.07) is 6.59. The fourth-order valence-corrected chi connectivity index (χ4v) is 1.49. The van der Waals surface area contributed by atoms with Crippen LogP contribution in [0.1, 0.15) is 31.4 Å². The van der Waals surface area contributed by atoms with Crippen LogP contribution in [0, 0.1) is 0 Å². The van der Waals surface area contributed by atoms with Crippen molar-refractivity contribution in [3.8, 4) is 5.75 Å². The van der Waals surface area contributed by atoms with Gasteiger partial charge in [-0.2, -0.15) is 13.2 Å². The van der Waals surface area contributed by atoms with Gasteiger partial charge in [-0.25, -0.2) is 0 Å². The van der Waals surface area contributed by atoms with Crippen LogP contribution in [0.15, 0.2) is 24.3 Å². The first-order valence-corrected chi connectivity index (χ1v) is 5.47. The summed E-state index contributed by atoms with van der Waals surface area (Å²) in [5.74, 6) is 0.179. The van der Waals surface area contributed by atoms with Crippen molar-refractivity contribution in [2.24, 2.45) is 0 Å². The number of benzene rings is 1. The number of hydrogen-bond donors (Lipinski definition) is 2. The van der Waals surface area contributed by atoms with Crippen LogP contribution >= 0.6 is 0 Å². The fourth-order valence-electron chi connectivity index (χ4n) is 1.49. The predicted octanol–water partition coefficient (Wildman–Crippen LogP) is 3.39. The molecular formula is C12H16F3NO. The lowest BCUT2D eigenvalue weighted by Crippen LogP contribution is -2.21. The zero-order chi connectivity index (χ0) is 12.9. The van der Waals surface area contributed by atoms with Crippen LogP contribution in [0.4, 0.5) is 13.2 Å². The van der Waals surface area contributed by atoms with Gasteiger partial charge < -0.3 is 10.4 Å². The van der Waals surface area contributed by atoms with Crippen molar-refractivity contribution in [1.29, 1.82) is 0 Å². The Hall–Kier alpha value is -1.23. The summed E-state index contributed by atoms with van der Waals surface area (Å²) < 4.78 is 35.7. The van der Waals surface area contributed by atoms with Gasteiger partial charge in [-0.3, -0.25) is 0 Å². The van der Waals surface area contributed by atoms with E-state index in [1.165, 1.54) is 0 Å². The largest absolute Gasteiger partial charge is 0.508 e. The zero-order valence-electron chi connectivity index (χ0n) is 9.59. The lowest BCUT2D eigenvalue weighted by Gasteiger charge is -2.14. The molecule has 0 radical (unpaired) electrons. The van der Waals surface area contributed by atoms with Crippen LogP contribution in [0.5, 0.6) is 5.75 Å². The van der Waals surface area contributed by atoms with Crippen molar-refractivity contribution in [2.45, 2.75) is 32.0 Å². The second-order valence-corrected chi connectivity index (χ2v) is 3.99. The molecule has 2 N–H and O–H groups in total. The van der Waals surface area contributed by atoms with E-state index in [1.807, 2.05) is 6.92 Å². The summed E-state index contributed by atoms with van der Waals surface area (Å²) in [4.78, 5) is 0. The summed E-state index contributed by atoms with van der Waals surface area (Å²) in [7, 11) is 0. The first-order valence-electron chi connectivity index (χ1n) is 5.47. The summed E-state index contributed by atoms with van der Waals surface area (Å²) in [5.41, 5.74) is 0.940. The molecule has 0 amide bonds. The average molecular weight is 247 g/mol. The van der Waals surface area contributed by atoms with Gasteiger partial charge in [-0.1, -0.05) is 12.1 Å². The monoisotopic (exact) mass is 247 g/mol. The van der Waals surface area contributed by atoms with Gasteiger partial charge in [-0.05, 0) is 37.6 Å². The molecule has 1 unspecified atom stereocenters. The van der Waals surface area contributed by atoms with Gasteiger partial charge >= 0.3 is 6.18 Å². The number of halogens is 3. The Morgan fingerprint density at radius 1 is 1.24 bits per heavy atom. The van der Waals surface area contributed by atoms with Crippen LogP contribution in [0.25, 0.3) is 0 Å². The second kappa shape index (κ2) is 5.91. The Morgan fingerprint density at radius 2 is 1.82 bits per heavy atom. The number of aromatic hydroxyl groups is 1. The molecule has 0 aromatic heterocycles. The van der Waals surface area contributed by atoms with E-state index in [2.05, 4.69) is 5.32 Å². The van der Waals surface area contributed by atoms with Crippen LogP contribution in [0.2, 0.25) is 0 Å². The van der Waals surface area contributed by atoms with Gasteiger partial charge in [0, 0.05) is 12.5 Å². The van der Waals surface area contributed by atoms with Crippen LogP contribution in [0.3, 0.4) is 0 Å². The number of nitrogens with one attached hydrogen (secondary N) is 1. The molecule has 1 aromatic carbocycles. The molecule has 0 bridgehead atoms. The highest BCUT2D eigenvalue weighted by Crippen LogP contribution is 2.21. The molecule has 0 heterocycles. The highest BCUT2D eigenvalue weighted by atomic mass is 19.4. The quantitative estimate of drug-likeness (QED) is 0.782. The fraction of sp³-hybridized carbons (Fsp3) is 0.500. The first kappa shape index (κ1) is 13.8. The maximum atomic E-state index is 11.9. The van der Waals surface area contributed by atoms with E-state index in [0.717, 1.165) is 5.56 Å². The Balaban J connectivity index is 2.30.